The standard InChI is InChI=1S/C19H25N3O2S/c1-3-6-17-18(25-21-20-17)19(23)22-12-5-4-7-15(13-22)14-8-10-16(24-2)11-9-14/h8-11,15H,3-7,12-13H2,1-2H3. The highest BCUT2D eigenvalue weighted by Crippen LogP contribution is 2.29. The Morgan fingerprint density at radius 2 is 2.12 bits per heavy atom. The molecule has 0 saturated carbocycles. The van der Waals surface area contributed by atoms with Gasteiger partial charge in [0.2, 0.25) is 0 Å². The molecular formula is C19H25N3O2S. The molecule has 1 aromatic heterocycles. The number of methoxy groups -OCH3 is 1. The zero-order valence-corrected chi connectivity index (χ0v) is 15.7. The van der Waals surface area contributed by atoms with Crippen LogP contribution in [0.4, 0.5) is 0 Å². The molecule has 1 aliphatic rings. The number of likely N-dealkylation sites (tertiary alicyclic amines) is 1. The predicted octanol–water partition coefficient (Wildman–Crippen LogP) is 3.91. The van der Waals surface area contributed by atoms with Gasteiger partial charge in [0.05, 0.1) is 12.8 Å². The topological polar surface area (TPSA) is 55.3 Å². The van der Waals surface area contributed by atoms with E-state index in [4.69, 9.17) is 4.74 Å². The smallest absolute Gasteiger partial charge is 0.267 e. The van der Waals surface area contributed by atoms with Gasteiger partial charge in [0.25, 0.3) is 5.91 Å². The Morgan fingerprint density at radius 3 is 2.84 bits per heavy atom. The molecule has 0 N–H and O–H groups in total. The molecule has 25 heavy (non-hydrogen) atoms. The van der Waals surface area contributed by atoms with E-state index in [1.807, 2.05) is 17.0 Å². The molecule has 0 spiro atoms. The number of aromatic nitrogens is 2. The van der Waals surface area contributed by atoms with Crippen LogP contribution < -0.4 is 4.74 Å². The lowest BCUT2D eigenvalue weighted by Gasteiger charge is -2.24. The van der Waals surface area contributed by atoms with Gasteiger partial charge in [0.1, 0.15) is 10.6 Å². The molecule has 1 unspecified atom stereocenters. The minimum atomic E-state index is 0.0962. The van der Waals surface area contributed by atoms with Gasteiger partial charge in [-0.15, -0.1) is 5.10 Å². The average Bonchev–Trinajstić information content (AvgIpc) is 2.96. The summed E-state index contributed by atoms with van der Waals surface area (Å²) in [5, 5.41) is 4.15. The molecule has 134 valence electrons. The highest BCUT2D eigenvalue weighted by molar-refractivity contribution is 7.08. The Hall–Kier alpha value is -1.95. The van der Waals surface area contributed by atoms with E-state index in [9.17, 15) is 4.79 Å². The molecule has 2 aromatic rings. The van der Waals surface area contributed by atoms with Gasteiger partial charge in [-0.3, -0.25) is 4.79 Å². The normalized spacial score (nSPS) is 18.0. The van der Waals surface area contributed by atoms with Gasteiger partial charge in [-0.05, 0) is 48.5 Å². The van der Waals surface area contributed by atoms with Crippen LogP contribution >= 0.6 is 11.5 Å². The fraction of sp³-hybridized carbons (Fsp3) is 0.526. The van der Waals surface area contributed by atoms with E-state index in [1.165, 1.54) is 17.1 Å². The van der Waals surface area contributed by atoms with E-state index >= 15 is 0 Å². The lowest BCUT2D eigenvalue weighted by atomic mass is 9.94. The number of aryl methyl sites for hydroxylation is 1. The maximum atomic E-state index is 13.0. The van der Waals surface area contributed by atoms with Crippen molar-refractivity contribution in [3.63, 3.8) is 0 Å². The van der Waals surface area contributed by atoms with E-state index in [0.717, 1.165) is 61.5 Å². The molecule has 1 atom stereocenters. The first kappa shape index (κ1) is 17.9. The van der Waals surface area contributed by atoms with Crippen LogP contribution in [0.3, 0.4) is 0 Å². The lowest BCUT2D eigenvalue weighted by molar-refractivity contribution is 0.0758. The second-order valence-corrected chi connectivity index (χ2v) is 7.27. The molecule has 0 bridgehead atoms. The van der Waals surface area contributed by atoms with Crippen LogP contribution in [0.25, 0.3) is 0 Å². The summed E-state index contributed by atoms with van der Waals surface area (Å²) in [6.07, 6.45) is 5.09. The van der Waals surface area contributed by atoms with E-state index in [1.54, 1.807) is 7.11 Å². The van der Waals surface area contributed by atoms with Crippen molar-refractivity contribution in [2.24, 2.45) is 0 Å². The minimum Gasteiger partial charge on any atom is -0.497 e. The van der Waals surface area contributed by atoms with E-state index in [0.29, 0.717) is 5.92 Å². The zero-order chi connectivity index (χ0) is 17.6. The molecule has 1 amide bonds. The number of hydrogen-bond acceptors (Lipinski definition) is 5. The van der Waals surface area contributed by atoms with Gasteiger partial charge in [-0.25, -0.2) is 0 Å². The second-order valence-electron chi connectivity index (χ2n) is 6.52. The Balaban J connectivity index is 1.76. The van der Waals surface area contributed by atoms with Crippen molar-refractivity contribution in [2.45, 2.75) is 44.9 Å². The summed E-state index contributed by atoms with van der Waals surface area (Å²) < 4.78 is 9.26. The van der Waals surface area contributed by atoms with Gasteiger partial charge in [-0.1, -0.05) is 36.4 Å². The predicted molar refractivity (Wildman–Crippen MR) is 99.4 cm³/mol. The minimum absolute atomic E-state index is 0.0962. The molecule has 5 nitrogen and oxygen atoms in total. The third-order valence-electron chi connectivity index (χ3n) is 4.78. The van der Waals surface area contributed by atoms with Crippen molar-refractivity contribution in [2.75, 3.05) is 20.2 Å². The number of carbonyl (C=O) groups excluding carboxylic acids is 1. The SMILES string of the molecule is CCCc1nnsc1C(=O)N1CCCCC(c2ccc(OC)cc2)C1. The van der Waals surface area contributed by atoms with Crippen molar-refractivity contribution in [3.8, 4) is 5.75 Å². The number of amides is 1. The average molecular weight is 359 g/mol. The van der Waals surface area contributed by atoms with Crippen molar-refractivity contribution in [3.05, 3.63) is 40.4 Å². The Bertz CT molecular complexity index is 699. The Labute approximate surface area is 153 Å². The van der Waals surface area contributed by atoms with Crippen molar-refractivity contribution in [1.82, 2.24) is 14.5 Å². The largest absolute Gasteiger partial charge is 0.497 e. The maximum absolute atomic E-state index is 13.0. The van der Waals surface area contributed by atoms with Crippen LogP contribution in [-0.4, -0.2) is 40.6 Å². The van der Waals surface area contributed by atoms with Gasteiger partial charge in [0, 0.05) is 19.0 Å². The van der Waals surface area contributed by atoms with Crippen molar-refractivity contribution < 1.29 is 9.53 Å². The summed E-state index contributed by atoms with van der Waals surface area (Å²) in [5.41, 5.74) is 2.12. The van der Waals surface area contributed by atoms with Crippen LogP contribution in [0, 0.1) is 0 Å². The highest BCUT2D eigenvalue weighted by Gasteiger charge is 2.27. The number of benzene rings is 1. The summed E-state index contributed by atoms with van der Waals surface area (Å²) in [7, 11) is 1.68. The van der Waals surface area contributed by atoms with Crippen LogP contribution in [0.1, 0.15) is 59.5 Å². The Morgan fingerprint density at radius 1 is 1.32 bits per heavy atom. The molecular weight excluding hydrogens is 334 g/mol. The first-order valence-electron chi connectivity index (χ1n) is 8.97. The molecule has 2 heterocycles. The maximum Gasteiger partial charge on any atom is 0.267 e. The monoisotopic (exact) mass is 359 g/mol. The zero-order valence-electron chi connectivity index (χ0n) is 14.9. The fourth-order valence-corrected chi connectivity index (χ4v) is 4.07. The summed E-state index contributed by atoms with van der Waals surface area (Å²) >= 11 is 1.23. The third-order valence-corrected chi connectivity index (χ3v) is 5.54. The summed E-state index contributed by atoms with van der Waals surface area (Å²) in [6, 6.07) is 8.24. The summed E-state index contributed by atoms with van der Waals surface area (Å²) in [5.74, 6) is 1.33. The van der Waals surface area contributed by atoms with Gasteiger partial charge in [-0.2, -0.15) is 0 Å². The summed E-state index contributed by atoms with van der Waals surface area (Å²) in [4.78, 5) is 15.7. The highest BCUT2D eigenvalue weighted by atomic mass is 32.1. The van der Waals surface area contributed by atoms with E-state index < -0.39 is 0 Å². The molecule has 1 fully saturated rings. The first-order chi connectivity index (χ1) is 12.2. The molecule has 0 radical (unpaired) electrons. The number of ether oxygens (including phenoxy) is 1. The first-order valence-corrected chi connectivity index (χ1v) is 9.74. The number of rotatable bonds is 5. The van der Waals surface area contributed by atoms with Crippen molar-refractivity contribution >= 4 is 17.4 Å². The van der Waals surface area contributed by atoms with Gasteiger partial charge < -0.3 is 9.64 Å². The fourth-order valence-electron chi connectivity index (χ4n) is 3.39. The van der Waals surface area contributed by atoms with Crippen LogP contribution in [0.15, 0.2) is 24.3 Å². The number of hydrogen-bond donors (Lipinski definition) is 0. The number of nitrogens with zero attached hydrogens (tertiary/aromatic N) is 3. The lowest BCUT2D eigenvalue weighted by Crippen LogP contribution is -2.34. The molecule has 1 saturated heterocycles. The molecule has 6 heteroatoms. The summed E-state index contributed by atoms with van der Waals surface area (Å²) in [6.45, 7) is 3.67. The quantitative estimate of drug-likeness (QED) is 0.812. The van der Waals surface area contributed by atoms with Gasteiger partial charge in [0.15, 0.2) is 0 Å². The number of carbonyl (C=O) groups is 1. The second kappa shape index (κ2) is 8.43. The van der Waals surface area contributed by atoms with Crippen LogP contribution in [-0.2, 0) is 6.42 Å². The molecule has 3 rings (SSSR count). The van der Waals surface area contributed by atoms with E-state index in [2.05, 4.69) is 28.6 Å². The third kappa shape index (κ3) is 4.18. The molecule has 0 aliphatic carbocycles. The van der Waals surface area contributed by atoms with Gasteiger partial charge >= 0.3 is 0 Å². The van der Waals surface area contributed by atoms with Crippen LogP contribution in [0.2, 0.25) is 0 Å². The van der Waals surface area contributed by atoms with E-state index in [-0.39, 0.29) is 5.91 Å². The van der Waals surface area contributed by atoms with Crippen LogP contribution in [0.5, 0.6) is 5.75 Å². The molecule has 1 aliphatic heterocycles. The molecule has 1 aromatic carbocycles. The van der Waals surface area contributed by atoms with Crippen molar-refractivity contribution in [1.29, 1.82) is 0 Å². The Kier molecular flexibility index (Phi) is 6.02.